The van der Waals surface area contributed by atoms with Crippen molar-refractivity contribution in [1.82, 2.24) is 9.97 Å². The van der Waals surface area contributed by atoms with Gasteiger partial charge >= 0.3 is 0 Å². The normalized spacial score (nSPS) is 10.6. The van der Waals surface area contributed by atoms with E-state index in [0.717, 1.165) is 16.8 Å². The summed E-state index contributed by atoms with van der Waals surface area (Å²) in [5.41, 5.74) is 2.32. The fourth-order valence-corrected chi connectivity index (χ4v) is 1.88. The predicted molar refractivity (Wildman–Crippen MR) is 72.3 cm³/mol. The van der Waals surface area contributed by atoms with Gasteiger partial charge < -0.3 is 15.0 Å². The zero-order valence-corrected chi connectivity index (χ0v) is 10.3. The monoisotopic (exact) mass is 257 g/mol. The second-order valence-corrected chi connectivity index (χ2v) is 4.10. The minimum Gasteiger partial charge on any atom is -0.497 e. The largest absolute Gasteiger partial charge is 0.497 e. The first-order valence-corrected chi connectivity index (χ1v) is 5.81. The molecule has 2 N–H and O–H groups in total. The fourth-order valence-electron chi connectivity index (χ4n) is 1.88. The summed E-state index contributed by atoms with van der Waals surface area (Å²) < 4.78 is 18.2. The highest BCUT2D eigenvalue weighted by atomic mass is 19.1. The van der Waals surface area contributed by atoms with Crippen molar-refractivity contribution in [2.75, 3.05) is 12.4 Å². The van der Waals surface area contributed by atoms with Crippen LogP contribution in [-0.2, 0) is 0 Å². The summed E-state index contributed by atoms with van der Waals surface area (Å²) >= 11 is 0. The third-order valence-corrected chi connectivity index (χ3v) is 2.78. The van der Waals surface area contributed by atoms with E-state index in [1.165, 1.54) is 12.1 Å². The lowest BCUT2D eigenvalue weighted by molar-refractivity contribution is 0.415. The van der Waals surface area contributed by atoms with E-state index in [4.69, 9.17) is 4.74 Å². The molecule has 0 aliphatic carbocycles. The lowest BCUT2D eigenvalue weighted by atomic mass is 10.3. The van der Waals surface area contributed by atoms with E-state index in [9.17, 15) is 4.39 Å². The highest BCUT2D eigenvalue weighted by molar-refractivity contribution is 5.79. The van der Waals surface area contributed by atoms with Gasteiger partial charge in [0, 0.05) is 11.8 Å². The molecule has 0 unspecified atom stereocenters. The number of imidazole rings is 1. The van der Waals surface area contributed by atoms with Gasteiger partial charge in [0.05, 0.1) is 18.1 Å². The third-order valence-electron chi connectivity index (χ3n) is 2.78. The molecule has 0 aliphatic heterocycles. The molecule has 0 saturated heterocycles. The maximum absolute atomic E-state index is 13.1. The standard InChI is InChI=1S/C14H12FN3O/c1-19-11-5-6-12-13(8-11)18-14(17-12)16-10-4-2-3-9(15)7-10/h2-8H,1H3,(H2,16,17,18). The van der Waals surface area contributed by atoms with Crippen molar-refractivity contribution in [3.05, 3.63) is 48.3 Å². The van der Waals surface area contributed by atoms with Crippen LogP contribution in [0, 0.1) is 5.82 Å². The average Bonchev–Trinajstić information content (AvgIpc) is 2.79. The van der Waals surface area contributed by atoms with E-state index in [-0.39, 0.29) is 5.82 Å². The first-order chi connectivity index (χ1) is 9.24. The van der Waals surface area contributed by atoms with Gasteiger partial charge in [0.1, 0.15) is 11.6 Å². The molecule has 4 nitrogen and oxygen atoms in total. The van der Waals surface area contributed by atoms with Crippen molar-refractivity contribution in [3.8, 4) is 5.75 Å². The van der Waals surface area contributed by atoms with Crippen LogP contribution in [0.15, 0.2) is 42.5 Å². The van der Waals surface area contributed by atoms with Gasteiger partial charge in [0.25, 0.3) is 0 Å². The molecule has 5 heteroatoms. The minimum absolute atomic E-state index is 0.289. The Hall–Kier alpha value is -2.56. The summed E-state index contributed by atoms with van der Waals surface area (Å²) in [5, 5.41) is 3.02. The second kappa shape index (κ2) is 4.61. The number of H-pyrrole nitrogens is 1. The van der Waals surface area contributed by atoms with Gasteiger partial charge in [-0.2, -0.15) is 0 Å². The Kier molecular flexibility index (Phi) is 2.79. The number of aromatic amines is 1. The molecule has 0 atom stereocenters. The number of fused-ring (bicyclic) bond motifs is 1. The van der Waals surface area contributed by atoms with E-state index in [1.807, 2.05) is 18.2 Å². The smallest absolute Gasteiger partial charge is 0.205 e. The topological polar surface area (TPSA) is 49.9 Å². The number of halogens is 1. The number of aromatic nitrogens is 2. The van der Waals surface area contributed by atoms with Crippen LogP contribution >= 0.6 is 0 Å². The van der Waals surface area contributed by atoms with E-state index >= 15 is 0 Å². The molecule has 1 heterocycles. The zero-order valence-electron chi connectivity index (χ0n) is 10.3. The number of methoxy groups -OCH3 is 1. The van der Waals surface area contributed by atoms with Crippen LogP contribution in [0.1, 0.15) is 0 Å². The molecule has 1 aromatic heterocycles. The van der Waals surface area contributed by atoms with Gasteiger partial charge in [-0.25, -0.2) is 9.37 Å². The lowest BCUT2D eigenvalue weighted by Crippen LogP contribution is -1.92. The highest BCUT2D eigenvalue weighted by Gasteiger charge is 2.04. The Bertz CT molecular complexity index is 724. The number of nitrogens with zero attached hydrogens (tertiary/aromatic N) is 1. The number of anilines is 2. The predicted octanol–water partition coefficient (Wildman–Crippen LogP) is 3.45. The maximum Gasteiger partial charge on any atom is 0.205 e. The molecule has 0 spiro atoms. The molecule has 19 heavy (non-hydrogen) atoms. The minimum atomic E-state index is -0.289. The Morgan fingerprint density at radius 1 is 1.21 bits per heavy atom. The van der Waals surface area contributed by atoms with Gasteiger partial charge in [0.15, 0.2) is 0 Å². The van der Waals surface area contributed by atoms with Crippen LogP contribution in [0.2, 0.25) is 0 Å². The van der Waals surface area contributed by atoms with Gasteiger partial charge in [0.2, 0.25) is 5.95 Å². The number of hydrogen-bond acceptors (Lipinski definition) is 3. The molecule has 0 aliphatic rings. The third kappa shape index (κ3) is 2.35. The number of benzene rings is 2. The Balaban J connectivity index is 1.93. The van der Waals surface area contributed by atoms with E-state index < -0.39 is 0 Å². The Labute approximate surface area is 109 Å². The first kappa shape index (κ1) is 11.5. The molecule has 3 aromatic rings. The van der Waals surface area contributed by atoms with Crippen molar-refractivity contribution in [2.45, 2.75) is 0 Å². The van der Waals surface area contributed by atoms with Gasteiger partial charge in [-0.3, -0.25) is 0 Å². The van der Waals surface area contributed by atoms with Gasteiger partial charge in [-0.15, -0.1) is 0 Å². The van der Waals surface area contributed by atoms with E-state index in [2.05, 4.69) is 15.3 Å². The van der Waals surface area contributed by atoms with Gasteiger partial charge in [-0.05, 0) is 30.3 Å². The van der Waals surface area contributed by atoms with Crippen molar-refractivity contribution >= 4 is 22.7 Å². The SMILES string of the molecule is COc1ccc2nc(Nc3cccc(F)c3)[nH]c2c1. The summed E-state index contributed by atoms with van der Waals surface area (Å²) in [6, 6.07) is 11.8. The van der Waals surface area contributed by atoms with Crippen molar-refractivity contribution in [1.29, 1.82) is 0 Å². The second-order valence-electron chi connectivity index (χ2n) is 4.10. The Morgan fingerprint density at radius 2 is 2.11 bits per heavy atom. The van der Waals surface area contributed by atoms with E-state index in [0.29, 0.717) is 11.6 Å². The number of hydrogen-bond donors (Lipinski definition) is 2. The summed E-state index contributed by atoms with van der Waals surface area (Å²) in [7, 11) is 1.61. The number of nitrogens with one attached hydrogen (secondary N) is 2. The maximum atomic E-state index is 13.1. The van der Waals surface area contributed by atoms with Crippen LogP contribution in [-0.4, -0.2) is 17.1 Å². The summed E-state index contributed by atoms with van der Waals surface area (Å²) in [5.74, 6) is 1.03. The van der Waals surface area contributed by atoms with Crippen molar-refractivity contribution in [2.24, 2.45) is 0 Å². The fraction of sp³-hybridized carbons (Fsp3) is 0.0714. The molecule has 0 amide bonds. The van der Waals surface area contributed by atoms with Gasteiger partial charge in [-0.1, -0.05) is 6.07 Å². The van der Waals surface area contributed by atoms with Crippen LogP contribution in [0.25, 0.3) is 11.0 Å². The highest BCUT2D eigenvalue weighted by Crippen LogP contribution is 2.22. The molecule has 2 aromatic carbocycles. The molecule has 0 radical (unpaired) electrons. The average molecular weight is 257 g/mol. The van der Waals surface area contributed by atoms with E-state index in [1.54, 1.807) is 19.2 Å². The number of rotatable bonds is 3. The first-order valence-electron chi connectivity index (χ1n) is 5.81. The number of ether oxygens (including phenoxy) is 1. The molecule has 96 valence electrons. The molecule has 0 fully saturated rings. The zero-order chi connectivity index (χ0) is 13.2. The molecule has 0 saturated carbocycles. The summed E-state index contributed by atoms with van der Waals surface area (Å²) in [4.78, 5) is 7.48. The van der Waals surface area contributed by atoms with Crippen LogP contribution < -0.4 is 10.1 Å². The Morgan fingerprint density at radius 3 is 2.89 bits per heavy atom. The lowest BCUT2D eigenvalue weighted by Gasteiger charge is -2.01. The van der Waals surface area contributed by atoms with Crippen LogP contribution in [0.3, 0.4) is 0 Å². The van der Waals surface area contributed by atoms with Crippen LogP contribution in [0.5, 0.6) is 5.75 Å². The summed E-state index contributed by atoms with van der Waals surface area (Å²) in [6.45, 7) is 0. The molecule has 3 rings (SSSR count). The van der Waals surface area contributed by atoms with Crippen LogP contribution in [0.4, 0.5) is 16.0 Å². The van der Waals surface area contributed by atoms with Crippen molar-refractivity contribution < 1.29 is 9.13 Å². The quantitative estimate of drug-likeness (QED) is 0.755. The molecule has 0 bridgehead atoms. The molecular weight excluding hydrogens is 245 g/mol. The molecular formula is C14H12FN3O. The summed E-state index contributed by atoms with van der Waals surface area (Å²) in [6.07, 6.45) is 0. The van der Waals surface area contributed by atoms with Crippen molar-refractivity contribution in [3.63, 3.8) is 0 Å².